The Morgan fingerprint density at radius 2 is 0.940 bits per heavy atom. The van der Waals surface area contributed by atoms with Gasteiger partial charge in [0.25, 0.3) is 0 Å². The summed E-state index contributed by atoms with van der Waals surface area (Å²) in [7, 11) is -4.99. The van der Waals surface area contributed by atoms with Gasteiger partial charge in [0.05, 0.1) is 13.2 Å². The van der Waals surface area contributed by atoms with Crippen molar-refractivity contribution in [2.24, 2.45) is 0 Å². The molecule has 13 heteroatoms. The first-order chi connectivity index (χ1) is 24.0. The number of phosphoric ester groups is 1. The summed E-state index contributed by atoms with van der Waals surface area (Å²) >= 11 is 0. The number of phosphoric acid groups is 1. The van der Waals surface area contributed by atoms with Gasteiger partial charge in [0.2, 0.25) is 0 Å². The third kappa shape index (κ3) is 22.4. The van der Waals surface area contributed by atoms with Crippen molar-refractivity contribution in [3.8, 4) is 0 Å². The van der Waals surface area contributed by atoms with Gasteiger partial charge in [0.15, 0.2) is 0 Å². The zero-order valence-corrected chi connectivity index (χ0v) is 32.1. The van der Waals surface area contributed by atoms with E-state index < -0.39 is 63.1 Å². The van der Waals surface area contributed by atoms with Crippen molar-refractivity contribution < 1.29 is 58.3 Å². The molecule has 1 aliphatic rings. The van der Waals surface area contributed by atoms with E-state index in [4.69, 9.17) is 18.5 Å². The molecular weight excluding hydrogens is 667 g/mol. The van der Waals surface area contributed by atoms with Crippen molar-refractivity contribution in [1.82, 2.24) is 0 Å². The van der Waals surface area contributed by atoms with Gasteiger partial charge in [-0.1, -0.05) is 149 Å². The van der Waals surface area contributed by atoms with Crippen LogP contribution in [0.15, 0.2) is 0 Å². The van der Waals surface area contributed by atoms with E-state index in [2.05, 4.69) is 13.8 Å². The lowest BCUT2D eigenvalue weighted by molar-refractivity contribution is -0.220. The van der Waals surface area contributed by atoms with Gasteiger partial charge in [-0.3, -0.25) is 13.8 Å². The van der Waals surface area contributed by atoms with Crippen molar-refractivity contribution in [2.75, 3.05) is 19.8 Å². The summed E-state index contributed by atoms with van der Waals surface area (Å²) < 4.78 is 33.9. The van der Waals surface area contributed by atoms with E-state index >= 15 is 0 Å². The molecule has 0 aliphatic heterocycles. The Morgan fingerprint density at radius 3 is 1.38 bits per heavy atom. The van der Waals surface area contributed by atoms with Crippen LogP contribution >= 0.6 is 7.82 Å². The molecule has 1 rings (SSSR count). The first kappa shape index (κ1) is 47.4. The van der Waals surface area contributed by atoms with Crippen molar-refractivity contribution >= 4 is 13.8 Å². The van der Waals surface area contributed by atoms with Crippen LogP contribution < -0.4 is 0 Å². The summed E-state index contributed by atoms with van der Waals surface area (Å²) in [5.74, 6) is -0.481. The van der Waals surface area contributed by atoms with Gasteiger partial charge in [-0.15, -0.1) is 0 Å². The summed E-state index contributed by atoms with van der Waals surface area (Å²) in [6.45, 7) is 4.20. The number of unbranched alkanes of at least 4 members (excludes halogenated alkanes) is 21. The van der Waals surface area contributed by atoms with Gasteiger partial charge in [0.1, 0.15) is 42.7 Å². The summed E-state index contributed by atoms with van der Waals surface area (Å²) in [6, 6.07) is 0. The fraction of sp³-hybridized carbons (Fsp3) is 0.973. The summed E-state index contributed by atoms with van der Waals surface area (Å²) in [4.78, 5) is 22.9. The predicted octanol–water partition coefficient (Wildman–Crippen LogP) is 6.64. The smallest absolute Gasteiger partial charge is 0.457 e. The van der Waals surface area contributed by atoms with E-state index in [9.17, 15) is 39.8 Å². The fourth-order valence-electron chi connectivity index (χ4n) is 6.24. The lowest BCUT2D eigenvalue weighted by atomic mass is 9.85. The molecule has 1 aliphatic carbocycles. The predicted molar refractivity (Wildman–Crippen MR) is 194 cm³/mol. The van der Waals surface area contributed by atoms with E-state index in [1.54, 1.807) is 0 Å². The minimum absolute atomic E-state index is 0.0696. The molecule has 0 bridgehead atoms. The molecule has 6 N–H and O–H groups in total. The second-order valence-electron chi connectivity index (χ2n) is 14.1. The van der Waals surface area contributed by atoms with Crippen LogP contribution in [0.25, 0.3) is 0 Å². The molecule has 0 radical (unpaired) electrons. The summed E-state index contributed by atoms with van der Waals surface area (Å²) in [5, 5.41) is 49.9. The number of carbonyl (C=O) groups excluding carboxylic acids is 1. The third-order valence-electron chi connectivity index (χ3n) is 9.48. The van der Waals surface area contributed by atoms with Crippen molar-refractivity contribution in [2.45, 2.75) is 211 Å². The van der Waals surface area contributed by atoms with Gasteiger partial charge in [-0.25, -0.2) is 4.57 Å². The van der Waals surface area contributed by atoms with E-state index in [1.807, 2.05) is 0 Å². The van der Waals surface area contributed by atoms with Crippen LogP contribution in [0.4, 0.5) is 0 Å². The van der Waals surface area contributed by atoms with Crippen LogP contribution in [0.5, 0.6) is 0 Å². The largest absolute Gasteiger partial charge is 0.472 e. The van der Waals surface area contributed by atoms with E-state index in [0.717, 1.165) is 44.9 Å². The third-order valence-corrected chi connectivity index (χ3v) is 10.5. The monoisotopic (exact) mass is 740 g/mol. The normalized spacial score (nSPS) is 24.2. The van der Waals surface area contributed by atoms with E-state index in [0.29, 0.717) is 13.0 Å². The minimum atomic E-state index is -4.99. The average molecular weight is 741 g/mol. The van der Waals surface area contributed by atoms with Crippen molar-refractivity contribution in [3.05, 3.63) is 0 Å². The molecule has 8 atom stereocenters. The van der Waals surface area contributed by atoms with Crippen LogP contribution in [-0.4, -0.2) is 98.9 Å². The molecule has 0 heterocycles. The molecule has 298 valence electrons. The Labute approximate surface area is 302 Å². The number of aliphatic hydroxyl groups excluding tert-OH is 5. The SMILES string of the molecule is CCCCCCCCCCCCCCCCCCOC[C@H](COP(=O)(O)OC1C(O)C(O)C(O)[C@@H](O)C1O)OC(=O)CCCCCCCCC. The molecule has 0 saturated heterocycles. The molecule has 0 spiro atoms. The van der Waals surface area contributed by atoms with Crippen LogP contribution in [0.2, 0.25) is 0 Å². The molecule has 1 saturated carbocycles. The Bertz CT molecular complexity index is 848. The number of esters is 1. The number of carbonyl (C=O) groups is 1. The van der Waals surface area contributed by atoms with E-state index in [1.165, 1.54) is 96.3 Å². The molecule has 6 unspecified atom stereocenters. The standard InChI is InChI=1S/C37H73O12P/c1-3-5-7-9-11-12-13-14-15-16-17-18-19-21-23-25-27-46-28-30(48-31(38)26-24-22-20-10-8-6-4-2)29-47-50(44,45)49-37-35(42)33(40)32(39)34(41)36(37)43/h30,32-37,39-43H,3-29H2,1-2H3,(H,44,45)/t30-,32?,33-,34?,35?,36?,37?/m1/s1. The fourth-order valence-corrected chi connectivity index (χ4v) is 7.21. The van der Waals surface area contributed by atoms with Gasteiger partial charge >= 0.3 is 13.8 Å². The van der Waals surface area contributed by atoms with E-state index in [-0.39, 0.29) is 13.0 Å². The number of rotatable bonds is 33. The second kappa shape index (κ2) is 29.8. The maximum atomic E-state index is 12.7. The van der Waals surface area contributed by atoms with Gasteiger partial charge in [-0.05, 0) is 12.8 Å². The number of hydrogen-bond acceptors (Lipinski definition) is 11. The topological polar surface area (TPSA) is 192 Å². The minimum Gasteiger partial charge on any atom is -0.457 e. The highest BCUT2D eigenvalue weighted by Crippen LogP contribution is 2.47. The molecule has 0 aromatic rings. The first-order valence-electron chi connectivity index (χ1n) is 19.9. The maximum absolute atomic E-state index is 12.7. The lowest BCUT2D eigenvalue weighted by Crippen LogP contribution is -2.64. The Balaban J connectivity index is 2.39. The molecule has 50 heavy (non-hydrogen) atoms. The summed E-state index contributed by atoms with van der Waals surface area (Å²) in [5.41, 5.74) is 0. The van der Waals surface area contributed by atoms with Crippen LogP contribution in [0.3, 0.4) is 0 Å². The number of ether oxygens (including phenoxy) is 2. The Hall–Kier alpha value is -0.660. The van der Waals surface area contributed by atoms with Crippen LogP contribution in [0.1, 0.15) is 168 Å². The number of aliphatic hydroxyl groups is 5. The maximum Gasteiger partial charge on any atom is 0.472 e. The zero-order valence-electron chi connectivity index (χ0n) is 31.2. The molecule has 12 nitrogen and oxygen atoms in total. The van der Waals surface area contributed by atoms with Gasteiger partial charge < -0.3 is 39.9 Å². The zero-order chi connectivity index (χ0) is 37.0. The highest BCUT2D eigenvalue weighted by Gasteiger charge is 2.51. The highest BCUT2D eigenvalue weighted by molar-refractivity contribution is 7.47. The first-order valence-corrected chi connectivity index (χ1v) is 21.4. The molecule has 0 aromatic carbocycles. The lowest BCUT2D eigenvalue weighted by Gasteiger charge is -2.41. The molecule has 1 fully saturated rings. The molecule has 0 aromatic heterocycles. The quantitative estimate of drug-likeness (QED) is 0.0239. The second-order valence-corrected chi connectivity index (χ2v) is 15.6. The molecule has 0 amide bonds. The highest BCUT2D eigenvalue weighted by atomic mass is 31.2. The van der Waals surface area contributed by atoms with Crippen molar-refractivity contribution in [3.63, 3.8) is 0 Å². The average Bonchev–Trinajstić information content (AvgIpc) is 3.09. The Kier molecular flexibility index (Phi) is 28.2. The number of hydrogen-bond donors (Lipinski definition) is 6. The molecular formula is C37H73O12P. The van der Waals surface area contributed by atoms with Gasteiger partial charge in [-0.2, -0.15) is 0 Å². The van der Waals surface area contributed by atoms with Crippen LogP contribution in [-0.2, 0) is 27.9 Å². The van der Waals surface area contributed by atoms with Gasteiger partial charge in [0, 0.05) is 13.0 Å². The Morgan fingerprint density at radius 1 is 0.560 bits per heavy atom. The van der Waals surface area contributed by atoms with Crippen LogP contribution in [0, 0.1) is 0 Å². The summed E-state index contributed by atoms with van der Waals surface area (Å²) in [6.07, 6.45) is 15.0. The van der Waals surface area contributed by atoms with Crippen molar-refractivity contribution in [1.29, 1.82) is 0 Å².